The van der Waals surface area contributed by atoms with Crippen LogP contribution in [-0.4, -0.2) is 10.4 Å². The molecular weight excluding hydrogens is 286 g/mol. The van der Waals surface area contributed by atoms with Gasteiger partial charge < -0.3 is 0 Å². The Kier molecular flexibility index (Phi) is 3.39. The topological polar surface area (TPSA) is 51.9 Å². The monoisotopic (exact) mass is 300 g/mol. The summed E-state index contributed by atoms with van der Waals surface area (Å²) < 4.78 is 3.71. The van der Waals surface area contributed by atoms with Crippen LogP contribution in [0.1, 0.15) is 10.4 Å². The van der Waals surface area contributed by atoms with Crippen molar-refractivity contribution in [3.8, 4) is 0 Å². The van der Waals surface area contributed by atoms with Crippen molar-refractivity contribution < 1.29 is 9.36 Å². The molecule has 5 heteroatoms. The molecule has 0 atom stereocenters. The van der Waals surface area contributed by atoms with Gasteiger partial charge in [-0.05, 0) is 36.4 Å². The largest absolute Gasteiger partial charge is 0.356 e. The van der Waals surface area contributed by atoms with Gasteiger partial charge in [-0.25, -0.2) is 9.13 Å². The number of aryl methyl sites for hydroxylation is 1. The molecule has 3 aromatic rings. The van der Waals surface area contributed by atoms with Gasteiger partial charge in [0.1, 0.15) is 17.6 Å². The summed E-state index contributed by atoms with van der Waals surface area (Å²) in [6, 6.07) is 14.7. The first kappa shape index (κ1) is 13.6. The molecule has 2 aromatic carbocycles. The molecule has 0 saturated carbocycles. The summed E-state index contributed by atoms with van der Waals surface area (Å²) in [5.74, 6) is 0.554. The number of fused-ring (bicyclic) bond motifs is 1. The van der Waals surface area contributed by atoms with Crippen LogP contribution >= 0.6 is 11.6 Å². The number of hydrogen-bond donors (Lipinski definition) is 1. The molecule has 0 aliphatic heterocycles. The Hall–Kier alpha value is -2.33. The quantitative estimate of drug-likeness (QED) is 0.597. The van der Waals surface area contributed by atoms with Crippen LogP contribution in [0.3, 0.4) is 0 Å². The van der Waals surface area contributed by atoms with E-state index < -0.39 is 0 Å². The molecule has 0 aliphatic rings. The molecule has 0 amide bonds. The van der Waals surface area contributed by atoms with Crippen LogP contribution in [0.25, 0.3) is 11.0 Å². The average molecular weight is 301 g/mol. The van der Waals surface area contributed by atoms with Crippen LogP contribution in [-0.2, 0) is 13.6 Å². The SMILES string of the molecule is C[n+]1c(N)n(CC(=O)c2ccc(Cl)cc2)c2ccccc21. The van der Waals surface area contributed by atoms with Crippen molar-refractivity contribution in [2.75, 3.05) is 5.73 Å². The lowest BCUT2D eigenvalue weighted by Gasteiger charge is -2.02. The number of Topliss-reactive ketones (excluding diaryl/α,β-unsaturated/α-hetero) is 1. The number of anilines is 1. The van der Waals surface area contributed by atoms with Crippen molar-refractivity contribution >= 4 is 34.4 Å². The number of aromatic nitrogens is 2. The molecule has 0 bridgehead atoms. The summed E-state index contributed by atoms with van der Waals surface area (Å²) >= 11 is 5.84. The van der Waals surface area contributed by atoms with Gasteiger partial charge in [0.2, 0.25) is 0 Å². The molecule has 0 unspecified atom stereocenters. The fraction of sp³-hybridized carbons (Fsp3) is 0.125. The van der Waals surface area contributed by atoms with Crippen LogP contribution in [0.2, 0.25) is 5.02 Å². The minimum absolute atomic E-state index is 0.000260. The highest BCUT2D eigenvalue weighted by atomic mass is 35.5. The van der Waals surface area contributed by atoms with Gasteiger partial charge in [0.05, 0.1) is 7.05 Å². The van der Waals surface area contributed by atoms with Gasteiger partial charge in [0, 0.05) is 10.6 Å². The van der Waals surface area contributed by atoms with E-state index in [1.165, 1.54) is 0 Å². The number of nitrogens with two attached hydrogens (primary N) is 1. The second-order valence-corrected chi connectivity index (χ2v) is 5.36. The Bertz CT molecular complexity index is 821. The first-order valence-corrected chi connectivity index (χ1v) is 6.97. The predicted octanol–water partition coefficient (Wildman–Crippen LogP) is 2.58. The molecule has 3 rings (SSSR count). The fourth-order valence-corrected chi connectivity index (χ4v) is 2.57. The van der Waals surface area contributed by atoms with Crippen LogP contribution in [0.4, 0.5) is 5.95 Å². The van der Waals surface area contributed by atoms with E-state index >= 15 is 0 Å². The van der Waals surface area contributed by atoms with E-state index in [9.17, 15) is 4.79 Å². The number of imidazole rings is 1. The van der Waals surface area contributed by atoms with E-state index in [4.69, 9.17) is 17.3 Å². The number of carbonyl (C=O) groups excluding carboxylic acids is 1. The van der Waals surface area contributed by atoms with Gasteiger partial charge in [-0.1, -0.05) is 23.7 Å². The smallest absolute Gasteiger partial charge is 0.291 e. The van der Waals surface area contributed by atoms with E-state index in [1.807, 2.05) is 40.4 Å². The molecule has 1 heterocycles. The zero-order chi connectivity index (χ0) is 15.0. The zero-order valence-electron chi connectivity index (χ0n) is 11.6. The van der Waals surface area contributed by atoms with Gasteiger partial charge >= 0.3 is 5.95 Å². The maximum Gasteiger partial charge on any atom is 0.356 e. The molecular formula is C16H15ClN3O+. The number of carbonyl (C=O) groups is 1. The molecule has 0 spiro atoms. The van der Waals surface area contributed by atoms with Crippen LogP contribution in [0.15, 0.2) is 48.5 Å². The Morgan fingerprint density at radius 1 is 1.19 bits per heavy atom. The molecule has 4 nitrogen and oxygen atoms in total. The molecule has 106 valence electrons. The Morgan fingerprint density at radius 2 is 1.86 bits per heavy atom. The highest BCUT2D eigenvalue weighted by Gasteiger charge is 2.20. The number of rotatable bonds is 3. The highest BCUT2D eigenvalue weighted by Crippen LogP contribution is 2.17. The van der Waals surface area contributed by atoms with Crippen molar-refractivity contribution in [3.05, 3.63) is 59.1 Å². The van der Waals surface area contributed by atoms with Crippen LogP contribution in [0, 0.1) is 0 Å². The predicted molar refractivity (Wildman–Crippen MR) is 83.3 cm³/mol. The third-order valence-corrected chi connectivity index (χ3v) is 3.87. The van der Waals surface area contributed by atoms with E-state index in [-0.39, 0.29) is 12.3 Å². The lowest BCUT2D eigenvalue weighted by atomic mass is 10.1. The Labute approximate surface area is 127 Å². The number of ketones is 1. The second kappa shape index (κ2) is 5.22. The lowest BCUT2D eigenvalue weighted by molar-refractivity contribution is -0.630. The van der Waals surface area contributed by atoms with E-state index in [0.29, 0.717) is 16.5 Å². The molecule has 0 aliphatic carbocycles. The average Bonchev–Trinajstić information content (AvgIpc) is 2.73. The third-order valence-electron chi connectivity index (χ3n) is 3.62. The van der Waals surface area contributed by atoms with Crippen LogP contribution in [0.5, 0.6) is 0 Å². The standard InChI is InChI=1S/C16H14ClN3O/c1-19-13-4-2-3-5-14(13)20(16(19)18)10-15(21)11-6-8-12(17)9-7-11/h2-9,18H,10H2,1H3/p+1. The lowest BCUT2D eigenvalue weighted by Crippen LogP contribution is -2.31. The summed E-state index contributed by atoms with van der Waals surface area (Å²) in [4.78, 5) is 12.4. The van der Waals surface area contributed by atoms with Gasteiger partial charge in [-0.15, -0.1) is 0 Å². The first-order valence-electron chi connectivity index (χ1n) is 6.59. The summed E-state index contributed by atoms with van der Waals surface area (Å²) in [6.45, 7) is 0.203. The number of para-hydroxylation sites is 2. The maximum atomic E-state index is 12.4. The molecule has 0 saturated heterocycles. The molecule has 0 radical (unpaired) electrons. The maximum absolute atomic E-state index is 12.4. The van der Waals surface area contributed by atoms with Crippen molar-refractivity contribution in [2.24, 2.45) is 7.05 Å². The minimum Gasteiger partial charge on any atom is -0.291 e. The van der Waals surface area contributed by atoms with Gasteiger partial charge in [-0.2, -0.15) is 0 Å². The third kappa shape index (κ3) is 2.38. The van der Waals surface area contributed by atoms with Gasteiger partial charge in [-0.3, -0.25) is 10.5 Å². The normalized spacial score (nSPS) is 11.0. The Morgan fingerprint density at radius 3 is 2.57 bits per heavy atom. The molecule has 1 aromatic heterocycles. The summed E-state index contributed by atoms with van der Waals surface area (Å²) in [5.41, 5.74) is 8.69. The highest BCUT2D eigenvalue weighted by molar-refractivity contribution is 6.30. The van der Waals surface area contributed by atoms with Gasteiger partial charge in [0.25, 0.3) is 0 Å². The van der Waals surface area contributed by atoms with Crippen molar-refractivity contribution in [1.82, 2.24) is 4.57 Å². The summed E-state index contributed by atoms with van der Waals surface area (Å²) in [6.07, 6.45) is 0. The summed E-state index contributed by atoms with van der Waals surface area (Å²) in [5, 5.41) is 0.615. The Balaban J connectivity index is 2.00. The minimum atomic E-state index is -0.000260. The number of nitrogens with zero attached hydrogens (tertiary/aromatic N) is 2. The molecule has 2 N–H and O–H groups in total. The first-order chi connectivity index (χ1) is 10.1. The molecule has 0 fully saturated rings. The second-order valence-electron chi connectivity index (χ2n) is 4.92. The number of nitrogen functional groups attached to an aromatic ring is 1. The fourth-order valence-electron chi connectivity index (χ4n) is 2.44. The number of benzene rings is 2. The summed E-state index contributed by atoms with van der Waals surface area (Å²) in [7, 11) is 1.89. The van der Waals surface area contributed by atoms with E-state index in [2.05, 4.69) is 0 Å². The van der Waals surface area contributed by atoms with E-state index in [1.54, 1.807) is 24.3 Å². The zero-order valence-corrected chi connectivity index (χ0v) is 12.3. The van der Waals surface area contributed by atoms with Crippen molar-refractivity contribution in [1.29, 1.82) is 0 Å². The van der Waals surface area contributed by atoms with Crippen LogP contribution < -0.4 is 10.3 Å². The van der Waals surface area contributed by atoms with Crippen molar-refractivity contribution in [2.45, 2.75) is 6.54 Å². The number of halogens is 1. The van der Waals surface area contributed by atoms with E-state index in [0.717, 1.165) is 11.0 Å². The number of hydrogen-bond acceptors (Lipinski definition) is 2. The van der Waals surface area contributed by atoms with Crippen molar-refractivity contribution in [3.63, 3.8) is 0 Å². The molecule has 21 heavy (non-hydrogen) atoms. The van der Waals surface area contributed by atoms with Gasteiger partial charge in [0.15, 0.2) is 5.78 Å².